The standard InChI is InChI=1S/C18H22N6O.ClH/c1-12-5-7-14(8-6-12)24-13(2)15(21-23-24)11-16-20-17(22-25-16)18(19)9-3-4-10-18;/h5-8H,3-4,9-11,19H2,1-2H3;1H. The highest BCUT2D eigenvalue weighted by Crippen LogP contribution is 2.34. The highest BCUT2D eigenvalue weighted by molar-refractivity contribution is 5.85. The monoisotopic (exact) mass is 374 g/mol. The van der Waals surface area contributed by atoms with Crippen LogP contribution in [0.4, 0.5) is 0 Å². The normalized spacial score (nSPS) is 15.8. The van der Waals surface area contributed by atoms with E-state index in [1.165, 1.54) is 5.56 Å². The van der Waals surface area contributed by atoms with Gasteiger partial charge in [-0.2, -0.15) is 4.98 Å². The first-order valence-electron chi connectivity index (χ1n) is 8.65. The van der Waals surface area contributed by atoms with Crippen LogP contribution in [0, 0.1) is 13.8 Å². The van der Waals surface area contributed by atoms with Crippen molar-refractivity contribution >= 4 is 12.4 Å². The molecule has 0 bridgehead atoms. The summed E-state index contributed by atoms with van der Waals surface area (Å²) in [6.45, 7) is 4.05. The van der Waals surface area contributed by atoms with E-state index in [1.54, 1.807) is 0 Å². The van der Waals surface area contributed by atoms with Crippen LogP contribution in [0.3, 0.4) is 0 Å². The molecule has 4 rings (SSSR count). The molecule has 1 aliphatic rings. The van der Waals surface area contributed by atoms with Crippen LogP contribution in [0.15, 0.2) is 28.8 Å². The third-order valence-electron chi connectivity index (χ3n) is 5.00. The molecule has 1 aliphatic carbocycles. The summed E-state index contributed by atoms with van der Waals surface area (Å²) in [5, 5.41) is 12.7. The number of aryl methyl sites for hydroxylation is 1. The Labute approximate surface area is 158 Å². The molecule has 0 radical (unpaired) electrons. The fraction of sp³-hybridized carbons (Fsp3) is 0.444. The minimum Gasteiger partial charge on any atom is -0.339 e. The van der Waals surface area contributed by atoms with Crippen LogP contribution in [-0.2, 0) is 12.0 Å². The van der Waals surface area contributed by atoms with Crippen molar-refractivity contribution in [3.8, 4) is 5.69 Å². The summed E-state index contributed by atoms with van der Waals surface area (Å²) in [4.78, 5) is 4.51. The Hall–Kier alpha value is -2.25. The molecule has 1 saturated carbocycles. The summed E-state index contributed by atoms with van der Waals surface area (Å²) in [6, 6.07) is 8.18. The van der Waals surface area contributed by atoms with Gasteiger partial charge in [-0.1, -0.05) is 40.9 Å². The number of nitrogens with zero attached hydrogens (tertiary/aromatic N) is 5. The second kappa shape index (κ2) is 7.17. The molecular formula is C18H23ClN6O. The van der Waals surface area contributed by atoms with E-state index in [2.05, 4.69) is 39.5 Å². The topological polar surface area (TPSA) is 95.7 Å². The molecular weight excluding hydrogens is 352 g/mol. The van der Waals surface area contributed by atoms with Crippen LogP contribution in [0.5, 0.6) is 0 Å². The molecule has 0 aliphatic heterocycles. The lowest BCUT2D eigenvalue weighted by Gasteiger charge is -2.17. The van der Waals surface area contributed by atoms with Gasteiger partial charge in [-0.15, -0.1) is 17.5 Å². The van der Waals surface area contributed by atoms with E-state index in [-0.39, 0.29) is 12.4 Å². The predicted octanol–water partition coefficient (Wildman–Crippen LogP) is 3.01. The minimum absolute atomic E-state index is 0. The molecule has 2 aromatic heterocycles. The first-order chi connectivity index (χ1) is 12.0. The van der Waals surface area contributed by atoms with Crippen LogP contribution in [0.25, 0.3) is 5.69 Å². The van der Waals surface area contributed by atoms with Crippen molar-refractivity contribution in [3.05, 3.63) is 52.9 Å². The van der Waals surface area contributed by atoms with Gasteiger partial charge in [0.2, 0.25) is 5.89 Å². The summed E-state index contributed by atoms with van der Waals surface area (Å²) in [5.74, 6) is 1.15. The Bertz CT molecular complexity index is 879. The number of benzene rings is 1. The third kappa shape index (κ3) is 3.37. The summed E-state index contributed by atoms with van der Waals surface area (Å²) in [6.07, 6.45) is 4.51. The summed E-state index contributed by atoms with van der Waals surface area (Å²) < 4.78 is 7.24. The van der Waals surface area contributed by atoms with E-state index in [0.29, 0.717) is 18.1 Å². The number of hydrogen-bond donors (Lipinski definition) is 1. The average molecular weight is 375 g/mol. The zero-order valence-corrected chi connectivity index (χ0v) is 15.8. The van der Waals surface area contributed by atoms with E-state index in [0.717, 1.165) is 42.8 Å². The van der Waals surface area contributed by atoms with Gasteiger partial charge >= 0.3 is 0 Å². The van der Waals surface area contributed by atoms with E-state index in [9.17, 15) is 0 Å². The van der Waals surface area contributed by atoms with Gasteiger partial charge in [0.15, 0.2) is 5.82 Å². The van der Waals surface area contributed by atoms with Gasteiger partial charge in [0.05, 0.1) is 29.0 Å². The smallest absolute Gasteiger partial charge is 0.232 e. The molecule has 1 aromatic carbocycles. The Morgan fingerprint density at radius 3 is 2.54 bits per heavy atom. The van der Waals surface area contributed by atoms with Gasteiger partial charge in [-0.05, 0) is 38.8 Å². The Balaban J connectivity index is 0.00000196. The molecule has 0 unspecified atom stereocenters. The fourth-order valence-corrected chi connectivity index (χ4v) is 3.36. The highest BCUT2D eigenvalue weighted by Gasteiger charge is 2.36. The molecule has 2 heterocycles. The molecule has 26 heavy (non-hydrogen) atoms. The van der Waals surface area contributed by atoms with Crippen LogP contribution >= 0.6 is 12.4 Å². The van der Waals surface area contributed by atoms with Crippen LogP contribution < -0.4 is 5.73 Å². The van der Waals surface area contributed by atoms with Gasteiger partial charge < -0.3 is 10.3 Å². The lowest BCUT2D eigenvalue weighted by molar-refractivity contribution is 0.351. The molecule has 138 valence electrons. The van der Waals surface area contributed by atoms with E-state index < -0.39 is 5.54 Å². The number of hydrogen-bond acceptors (Lipinski definition) is 6. The van der Waals surface area contributed by atoms with Gasteiger partial charge in [0, 0.05) is 0 Å². The largest absolute Gasteiger partial charge is 0.339 e. The van der Waals surface area contributed by atoms with Gasteiger partial charge in [0.1, 0.15) is 0 Å². The molecule has 7 nitrogen and oxygen atoms in total. The molecule has 3 aromatic rings. The summed E-state index contributed by atoms with van der Waals surface area (Å²) in [5.41, 5.74) is 9.95. The first-order valence-corrected chi connectivity index (χ1v) is 8.65. The lowest BCUT2D eigenvalue weighted by atomic mass is 9.99. The minimum atomic E-state index is -0.434. The molecule has 0 amide bonds. The molecule has 1 fully saturated rings. The van der Waals surface area contributed by atoms with Crippen molar-refractivity contribution in [1.82, 2.24) is 25.1 Å². The van der Waals surface area contributed by atoms with E-state index in [1.807, 2.05) is 23.7 Å². The van der Waals surface area contributed by atoms with Crippen LogP contribution in [0.1, 0.15) is 54.3 Å². The second-order valence-electron chi connectivity index (χ2n) is 6.92. The van der Waals surface area contributed by atoms with Crippen molar-refractivity contribution in [2.75, 3.05) is 0 Å². The van der Waals surface area contributed by atoms with E-state index >= 15 is 0 Å². The number of halogens is 1. The van der Waals surface area contributed by atoms with Crippen molar-refractivity contribution in [2.45, 2.75) is 51.5 Å². The Morgan fingerprint density at radius 1 is 1.15 bits per heavy atom. The number of nitrogens with two attached hydrogens (primary N) is 1. The maximum atomic E-state index is 6.39. The molecule has 0 saturated heterocycles. The molecule has 0 spiro atoms. The maximum Gasteiger partial charge on any atom is 0.232 e. The summed E-state index contributed by atoms with van der Waals surface area (Å²) in [7, 11) is 0. The Morgan fingerprint density at radius 2 is 1.85 bits per heavy atom. The van der Waals surface area contributed by atoms with Crippen molar-refractivity contribution in [3.63, 3.8) is 0 Å². The van der Waals surface area contributed by atoms with Gasteiger partial charge in [-0.25, -0.2) is 4.68 Å². The molecule has 0 atom stereocenters. The predicted molar refractivity (Wildman–Crippen MR) is 99.5 cm³/mol. The second-order valence-corrected chi connectivity index (χ2v) is 6.92. The number of aromatic nitrogens is 5. The maximum absolute atomic E-state index is 6.39. The first kappa shape index (κ1) is 18.5. The van der Waals surface area contributed by atoms with Crippen LogP contribution in [-0.4, -0.2) is 25.1 Å². The van der Waals surface area contributed by atoms with Gasteiger partial charge in [-0.3, -0.25) is 0 Å². The zero-order valence-electron chi connectivity index (χ0n) is 15.0. The highest BCUT2D eigenvalue weighted by atomic mass is 35.5. The lowest BCUT2D eigenvalue weighted by Crippen LogP contribution is -2.34. The third-order valence-corrected chi connectivity index (χ3v) is 5.00. The van der Waals surface area contributed by atoms with Crippen molar-refractivity contribution in [1.29, 1.82) is 0 Å². The van der Waals surface area contributed by atoms with Crippen molar-refractivity contribution in [2.24, 2.45) is 5.73 Å². The van der Waals surface area contributed by atoms with Gasteiger partial charge in [0.25, 0.3) is 0 Å². The zero-order chi connectivity index (χ0) is 17.4. The molecule has 2 N–H and O–H groups in total. The fourth-order valence-electron chi connectivity index (χ4n) is 3.36. The Kier molecular flexibility index (Phi) is 5.11. The molecule has 8 heteroatoms. The quantitative estimate of drug-likeness (QED) is 0.754. The van der Waals surface area contributed by atoms with Crippen molar-refractivity contribution < 1.29 is 4.52 Å². The van der Waals surface area contributed by atoms with Crippen LogP contribution in [0.2, 0.25) is 0 Å². The average Bonchev–Trinajstić information content (AvgIpc) is 3.32. The SMILES string of the molecule is Cc1ccc(-n2nnc(Cc3nc(C4(N)CCCC4)no3)c2C)cc1.Cl. The number of rotatable bonds is 4. The summed E-state index contributed by atoms with van der Waals surface area (Å²) >= 11 is 0. The van der Waals surface area contributed by atoms with E-state index in [4.69, 9.17) is 10.3 Å².